The number of anilines is 1. The van der Waals surface area contributed by atoms with E-state index in [2.05, 4.69) is 24.8 Å². The van der Waals surface area contributed by atoms with Crippen molar-refractivity contribution in [3.05, 3.63) is 52.6 Å². The van der Waals surface area contributed by atoms with Gasteiger partial charge in [-0.05, 0) is 12.1 Å². The van der Waals surface area contributed by atoms with E-state index in [4.69, 9.17) is 4.74 Å². The Morgan fingerprint density at radius 2 is 1.94 bits per heavy atom. The quantitative estimate of drug-likeness (QED) is 0.183. The molecule has 1 saturated heterocycles. The number of nitrogens with zero attached hydrogens (tertiary/aromatic N) is 3. The molecule has 0 bridgehead atoms. The van der Waals surface area contributed by atoms with Gasteiger partial charge in [-0.25, -0.2) is 4.98 Å². The van der Waals surface area contributed by atoms with Crippen LogP contribution in [0, 0.1) is 0 Å². The van der Waals surface area contributed by atoms with Gasteiger partial charge >= 0.3 is 37.7 Å². The number of ether oxygens (including phenoxy) is 1. The van der Waals surface area contributed by atoms with Crippen LogP contribution in [0.3, 0.4) is 0 Å². The van der Waals surface area contributed by atoms with E-state index in [-0.39, 0.29) is 60.3 Å². The predicted molar refractivity (Wildman–Crippen MR) is 111 cm³/mol. The zero-order valence-electron chi connectivity index (χ0n) is 17.2. The fourth-order valence-corrected chi connectivity index (χ4v) is 3.53. The van der Waals surface area contributed by atoms with E-state index in [0.717, 1.165) is 10.9 Å². The first-order valence-corrected chi connectivity index (χ1v) is 10.6. The molecule has 3 aromatic rings. The first-order chi connectivity index (χ1) is 15.1. The smallest absolute Gasteiger partial charge is 0.790 e. The summed E-state index contributed by atoms with van der Waals surface area (Å²) in [6.45, 7) is -0.821. The Morgan fingerprint density at radius 3 is 2.59 bits per heavy atom. The fraction of sp³-hybridized carbons (Fsp3) is 0.294. The van der Waals surface area contributed by atoms with E-state index in [1.165, 1.54) is 0 Å². The number of hydrogen-bond donors (Lipinski definition) is 4. The third-order valence-electron chi connectivity index (χ3n) is 4.71. The standard InChI is InChI=1S/C17H18N5O9P.Ca.H2O/c23-11-9(6-30-32(27,28)29)31-16(12(11)24)22-7-18-10-13(22)19-17(21-15(10)26)20-14(25)8-4-2-1-3-5-8;;/h1-5,7,9,11-12,16,23-24H,6H2,(H2,27,28,29)(H2,19,20,21,25,26);;1H2/q;+2;/p-2/t9-,11-,12-,16-;;/m1../s1. The number of carbonyl (C=O) groups excluding carboxylic acids is 1. The Hall–Kier alpha value is -1.75. The van der Waals surface area contributed by atoms with Crippen molar-refractivity contribution in [2.45, 2.75) is 24.5 Å². The summed E-state index contributed by atoms with van der Waals surface area (Å²) >= 11 is 0. The maximum absolute atomic E-state index is 12.4. The second kappa shape index (κ2) is 11.3. The molecule has 6 N–H and O–H groups in total. The van der Waals surface area contributed by atoms with Crippen molar-refractivity contribution in [3.8, 4) is 0 Å². The normalized spacial score (nSPS) is 22.1. The van der Waals surface area contributed by atoms with Crippen LogP contribution in [-0.2, 0) is 13.8 Å². The van der Waals surface area contributed by atoms with Crippen LogP contribution in [0.5, 0.6) is 0 Å². The number of phosphoric ester groups is 1. The maximum Gasteiger partial charge on any atom is 2.00 e. The van der Waals surface area contributed by atoms with E-state index >= 15 is 0 Å². The number of benzene rings is 1. The number of aliphatic hydroxyl groups excluding tert-OH is 2. The van der Waals surface area contributed by atoms with E-state index in [1.54, 1.807) is 30.3 Å². The van der Waals surface area contributed by atoms with Gasteiger partial charge in [-0.2, -0.15) is 4.98 Å². The molecule has 1 aliphatic heterocycles. The van der Waals surface area contributed by atoms with Crippen molar-refractivity contribution in [3.63, 3.8) is 0 Å². The van der Waals surface area contributed by atoms with Gasteiger partial charge < -0.3 is 39.3 Å². The second-order valence-electron chi connectivity index (χ2n) is 6.85. The fourth-order valence-electron chi connectivity index (χ4n) is 3.20. The average Bonchev–Trinajstić information content (AvgIpc) is 3.28. The molecule has 4 rings (SSSR count). The minimum absolute atomic E-state index is 0. The van der Waals surface area contributed by atoms with Gasteiger partial charge in [-0.1, -0.05) is 18.2 Å². The van der Waals surface area contributed by atoms with Crippen LogP contribution in [0.4, 0.5) is 5.95 Å². The SMILES string of the molecule is O.O=C(Nc1nc2c(ncn2[C@@H]2O[C@H](COP(=O)([O-])[O-])[C@@H](O)[C@H]2O)c(=O)[nH]1)c1ccccc1.[Ca+2]. The molecule has 1 aromatic carbocycles. The van der Waals surface area contributed by atoms with Crippen LogP contribution in [0.25, 0.3) is 11.2 Å². The van der Waals surface area contributed by atoms with E-state index in [0.29, 0.717) is 5.56 Å². The molecule has 1 amide bonds. The average molecular weight is 523 g/mol. The largest absolute Gasteiger partial charge is 2.00 e. The molecule has 0 unspecified atom stereocenters. The number of fused-ring (bicyclic) bond motifs is 1. The summed E-state index contributed by atoms with van der Waals surface area (Å²) < 4.78 is 21.3. The van der Waals surface area contributed by atoms with Crippen molar-refractivity contribution in [1.29, 1.82) is 0 Å². The summed E-state index contributed by atoms with van der Waals surface area (Å²) in [7, 11) is -5.33. The molecule has 1 fully saturated rings. The van der Waals surface area contributed by atoms with Crippen LogP contribution in [0.1, 0.15) is 16.6 Å². The number of amides is 1. The zero-order valence-corrected chi connectivity index (χ0v) is 20.3. The van der Waals surface area contributed by atoms with E-state index in [9.17, 15) is 34.2 Å². The molecule has 4 atom stereocenters. The van der Waals surface area contributed by atoms with Crippen LogP contribution < -0.4 is 20.7 Å². The van der Waals surface area contributed by atoms with Crippen molar-refractivity contribution < 1.29 is 44.1 Å². The van der Waals surface area contributed by atoms with Crippen molar-refractivity contribution in [2.75, 3.05) is 11.9 Å². The van der Waals surface area contributed by atoms with Crippen LogP contribution in [-0.4, -0.2) is 104 Å². The van der Waals surface area contributed by atoms with Gasteiger partial charge in [0.05, 0.1) is 20.8 Å². The molecular formula is C17H18CaN5O10P. The number of H-pyrrole nitrogens is 1. The number of aromatic nitrogens is 4. The Balaban J connectivity index is 0.00000204. The summed E-state index contributed by atoms with van der Waals surface area (Å²) in [5.74, 6) is -0.742. The number of aromatic amines is 1. The molecule has 1 aliphatic rings. The summed E-state index contributed by atoms with van der Waals surface area (Å²) in [6.07, 6.45) is -4.78. The molecule has 2 aromatic heterocycles. The van der Waals surface area contributed by atoms with Crippen molar-refractivity contribution in [2.24, 2.45) is 0 Å². The summed E-state index contributed by atoms with van der Waals surface area (Å²) in [5, 5.41) is 22.9. The van der Waals surface area contributed by atoms with Gasteiger partial charge in [-0.15, -0.1) is 0 Å². The molecule has 0 spiro atoms. The molecule has 15 nitrogen and oxygen atoms in total. The van der Waals surface area contributed by atoms with Crippen LogP contribution >= 0.6 is 7.82 Å². The first-order valence-electron chi connectivity index (χ1n) is 9.15. The van der Waals surface area contributed by atoms with E-state index < -0.39 is 50.4 Å². The summed E-state index contributed by atoms with van der Waals surface area (Å²) in [5.41, 5.74) is -0.605. The van der Waals surface area contributed by atoms with Crippen molar-refractivity contribution in [1.82, 2.24) is 19.5 Å². The monoisotopic (exact) mass is 523 g/mol. The Labute approximate surface area is 220 Å². The molecule has 0 radical (unpaired) electrons. The van der Waals surface area contributed by atoms with Gasteiger partial charge in [0.25, 0.3) is 11.5 Å². The molecule has 0 saturated carbocycles. The first kappa shape index (κ1) is 28.5. The summed E-state index contributed by atoms with van der Waals surface area (Å²) in [4.78, 5) is 56.5. The molecule has 3 heterocycles. The maximum atomic E-state index is 12.4. The molecule has 17 heteroatoms. The Kier molecular flexibility index (Phi) is 9.49. The van der Waals surface area contributed by atoms with Gasteiger partial charge in [0.1, 0.15) is 18.3 Å². The number of hydrogen-bond acceptors (Lipinski definition) is 11. The molecule has 0 aliphatic carbocycles. The summed E-state index contributed by atoms with van der Waals surface area (Å²) in [6, 6.07) is 8.17. The molecular weight excluding hydrogens is 505 g/mol. The molecule has 34 heavy (non-hydrogen) atoms. The third-order valence-corrected chi connectivity index (χ3v) is 5.17. The topological polar surface area (TPSA) is 246 Å². The molecule has 178 valence electrons. The number of rotatable bonds is 6. The minimum Gasteiger partial charge on any atom is -0.790 e. The van der Waals surface area contributed by atoms with Gasteiger partial charge in [0.15, 0.2) is 17.4 Å². The predicted octanol–water partition coefficient (Wildman–Crippen LogP) is -3.37. The number of aliphatic hydroxyl groups is 2. The Bertz CT molecular complexity index is 1250. The second-order valence-corrected chi connectivity index (χ2v) is 8.00. The van der Waals surface area contributed by atoms with Gasteiger partial charge in [0, 0.05) is 5.56 Å². The van der Waals surface area contributed by atoms with Gasteiger partial charge in [0.2, 0.25) is 5.95 Å². The minimum atomic E-state index is -5.33. The number of carbonyl (C=O) groups is 1. The number of imidazole rings is 1. The number of phosphoric acid groups is 1. The number of nitrogens with one attached hydrogen (secondary N) is 2. The van der Waals surface area contributed by atoms with E-state index in [1.807, 2.05) is 0 Å². The van der Waals surface area contributed by atoms with Crippen LogP contribution in [0.15, 0.2) is 41.5 Å². The van der Waals surface area contributed by atoms with Crippen LogP contribution in [0.2, 0.25) is 0 Å². The third kappa shape index (κ3) is 6.08. The van der Waals surface area contributed by atoms with Crippen molar-refractivity contribution >= 4 is 68.6 Å². The zero-order chi connectivity index (χ0) is 23.0. The Morgan fingerprint density at radius 1 is 1.26 bits per heavy atom. The van der Waals surface area contributed by atoms with Gasteiger partial charge in [-0.3, -0.25) is 24.5 Å².